The van der Waals surface area contributed by atoms with Crippen LogP contribution in [0.2, 0.25) is 0 Å². The molecule has 1 N–H and O–H groups in total. The van der Waals surface area contributed by atoms with Crippen LogP contribution < -0.4 is 0 Å². The van der Waals surface area contributed by atoms with E-state index in [0.29, 0.717) is 4.77 Å². The summed E-state index contributed by atoms with van der Waals surface area (Å²) in [4.78, 5) is 7.02. The van der Waals surface area contributed by atoms with Crippen molar-refractivity contribution in [2.24, 2.45) is 0 Å². The SMILES string of the molecule is Fc1ccc2c(c1)[nH]c(=S)n2CCc1ccncc1. The number of aryl methyl sites for hydroxylation is 2. The summed E-state index contributed by atoms with van der Waals surface area (Å²) in [5.74, 6) is -0.259. The van der Waals surface area contributed by atoms with Crippen LogP contribution in [0.1, 0.15) is 5.56 Å². The van der Waals surface area contributed by atoms with Gasteiger partial charge in [-0.15, -0.1) is 0 Å². The largest absolute Gasteiger partial charge is 0.330 e. The zero-order chi connectivity index (χ0) is 13.2. The van der Waals surface area contributed by atoms with Crippen molar-refractivity contribution < 1.29 is 4.39 Å². The Morgan fingerprint density at radius 3 is 2.79 bits per heavy atom. The summed E-state index contributed by atoms with van der Waals surface area (Å²) in [7, 11) is 0. The van der Waals surface area contributed by atoms with Crippen LogP contribution in [0, 0.1) is 10.6 Å². The van der Waals surface area contributed by atoms with Gasteiger partial charge in [0, 0.05) is 18.9 Å². The maximum absolute atomic E-state index is 13.2. The van der Waals surface area contributed by atoms with Crippen LogP contribution in [0.5, 0.6) is 0 Å². The summed E-state index contributed by atoms with van der Waals surface area (Å²) in [6, 6.07) is 8.64. The second-order valence-electron chi connectivity index (χ2n) is 4.35. The second kappa shape index (κ2) is 4.93. The lowest BCUT2D eigenvalue weighted by molar-refractivity contribution is 0.629. The van der Waals surface area contributed by atoms with Gasteiger partial charge in [-0.25, -0.2) is 4.39 Å². The van der Waals surface area contributed by atoms with E-state index in [4.69, 9.17) is 12.2 Å². The Morgan fingerprint density at radius 1 is 1.21 bits per heavy atom. The highest BCUT2D eigenvalue weighted by atomic mass is 32.1. The predicted molar refractivity (Wildman–Crippen MR) is 75.0 cm³/mol. The van der Waals surface area contributed by atoms with Gasteiger partial charge >= 0.3 is 0 Å². The molecule has 5 heteroatoms. The molecule has 0 aliphatic rings. The molecule has 3 rings (SSSR count). The Balaban J connectivity index is 1.93. The monoisotopic (exact) mass is 273 g/mol. The number of pyridine rings is 1. The van der Waals surface area contributed by atoms with Gasteiger partial charge in [0.15, 0.2) is 4.77 Å². The topological polar surface area (TPSA) is 33.6 Å². The Morgan fingerprint density at radius 2 is 2.00 bits per heavy atom. The summed E-state index contributed by atoms with van der Waals surface area (Å²) in [5.41, 5.74) is 2.87. The van der Waals surface area contributed by atoms with Crippen molar-refractivity contribution in [3.05, 3.63) is 58.9 Å². The lowest BCUT2D eigenvalue weighted by atomic mass is 10.2. The fraction of sp³-hybridized carbons (Fsp3) is 0.143. The molecule has 0 bridgehead atoms. The fourth-order valence-corrected chi connectivity index (χ4v) is 2.45. The van der Waals surface area contributed by atoms with Crippen molar-refractivity contribution in [3.8, 4) is 0 Å². The molecule has 0 unspecified atom stereocenters. The maximum atomic E-state index is 13.2. The lowest BCUT2D eigenvalue weighted by Crippen LogP contribution is -2.01. The summed E-state index contributed by atoms with van der Waals surface area (Å²) in [6.45, 7) is 0.758. The number of benzene rings is 1. The van der Waals surface area contributed by atoms with Crippen LogP contribution in [-0.2, 0) is 13.0 Å². The van der Waals surface area contributed by atoms with Gasteiger partial charge < -0.3 is 9.55 Å². The van der Waals surface area contributed by atoms with Crippen LogP contribution in [0.4, 0.5) is 4.39 Å². The number of aromatic amines is 1. The first kappa shape index (κ1) is 12.0. The van der Waals surface area contributed by atoms with E-state index < -0.39 is 0 Å². The van der Waals surface area contributed by atoms with Crippen molar-refractivity contribution in [1.82, 2.24) is 14.5 Å². The first-order valence-corrected chi connectivity index (χ1v) is 6.42. The van der Waals surface area contributed by atoms with Crippen molar-refractivity contribution in [2.75, 3.05) is 0 Å². The molecular weight excluding hydrogens is 261 g/mol. The summed E-state index contributed by atoms with van der Waals surface area (Å²) >= 11 is 5.28. The third-order valence-corrected chi connectivity index (χ3v) is 3.43. The highest BCUT2D eigenvalue weighted by molar-refractivity contribution is 7.71. The van der Waals surface area contributed by atoms with Gasteiger partial charge in [0.25, 0.3) is 0 Å². The van der Waals surface area contributed by atoms with E-state index in [2.05, 4.69) is 9.97 Å². The maximum Gasteiger partial charge on any atom is 0.178 e. The van der Waals surface area contributed by atoms with E-state index in [-0.39, 0.29) is 5.82 Å². The zero-order valence-electron chi connectivity index (χ0n) is 10.1. The minimum Gasteiger partial charge on any atom is -0.330 e. The number of H-pyrrole nitrogens is 1. The Labute approximate surface area is 114 Å². The van der Waals surface area contributed by atoms with E-state index in [1.54, 1.807) is 18.5 Å². The lowest BCUT2D eigenvalue weighted by Gasteiger charge is -2.04. The van der Waals surface area contributed by atoms with Gasteiger partial charge in [0.2, 0.25) is 0 Å². The number of halogens is 1. The Bertz CT molecular complexity index is 761. The van der Waals surface area contributed by atoms with Gasteiger partial charge in [-0.3, -0.25) is 4.98 Å². The average molecular weight is 273 g/mol. The van der Waals surface area contributed by atoms with E-state index >= 15 is 0 Å². The van der Waals surface area contributed by atoms with Gasteiger partial charge in [0.1, 0.15) is 5.82 Å². The first-order chi connectivity index (χ1) is 9.24. The van der Waals surface area contributed by atoms with Crippen molar-refractivity contribution in [1.29, 1.82) is 0 Å². The number of hydrogen-bond acceptors (Lipinski definition) is 2. The quantitative estimate of drug-likeness (QED) is 0.741. The number of fused-ring (bicyclic) bond motifs is 1. The fourth-order valence-electron chi connectivity index (χ4n) is 2.15. The van der Waals surface area contributed by atoms with Gasteiger partial charge in [-0.1, -0.05) is 0 Å². The summed E-state index contributed by atoms with van der Waals surface area (Å²) < 4.78 is 15.8. The normalized spacial score (nSPS) is 11.0. The molecule has 2 aromatic heterocycles. The summed E-state index contributed by atoms with van der Waals surface area (Å²) in [5, 5.41) is 0. The highest BCUT2D eigenvalue weighted by Gasteiger charge is 2.05. The number of nitrogens with zero attached hydrogens (tertiary/aromatic N) is 2. The molecule has 0 saturated heterocycles. The van der Waals surface area contributed by atoms with E-state index in [1.807, 2.05) is 16.7 Å². The van der Waals surface area contributed by atoms with Crippen LogP contribution in [-0.4, -0.2) is 14.5 Å². The Kier molecular flexibility index (Phi) is 3.13. The molecule has 3 nitrogen and oxygen atoms in total. The van der Waals surface area contributed by atoms with Gasteiger partial charge in [-0.05, 0) is 54.5 Å². The minimum absolute atomic E-state index is 0.259. The molecule has 0 atom stereocenters. The van der Waals surface area contributed by atoms with Crippen molar-refractivity contribution in [2.45, 2.75) is 13.0 Å². The number of rotatable bonds is 3. The summed E-state index contributed by atoms with van der Waals surface area (Å²) in [6.07, 6.45) is 4.42. The molecule has 0 aliphatic carbocycles. The molecular formula is C14H12FN3S. The highest BCUT2D eigenvalue weighted by Crippen LogP contribution is 2.16. The zero-order valence-corrected chi connectivity index (χ0v) is 11.0. The third kappa shape index (κ3) is 2.42. The molecule has 96 valence electrons. The molecule has 0 aliphatic heterocycles. The molecule has 1 aromatic carbocycles. The van der Waals surface area contributed by atoms with E-state index in [1.165, 1.54) is 17.7 Å². The third-order valence-electron chi connectivity index (χ3n) is 3.11. The van der Waals surface area contributed by atoms with Crippen LogP contribution in [0.3, 0.4) is 0 Å². The van der Waals surface area contributed by atoms with E-state index in [9.17, 15) is 4.39 Å². The average Bonchev–Trinajstić information content (AvgIpc) is 2.72. The van der Waals surface area contributed by atoms with Gasteiger partial charge in [-0.2, -0.15) is 0 Å². The van der Waals surface area contributed by atoms with Crippen molar-refractivity contribution in [3.63, 3.8) is 0 Å². The van der Waals surface area contributed by atoms with Crippen molar-refractivity contribution >= 4 is 23.3 Å². The standard InChI is InChI=1S/C14H12FN3S/c15-11-1-2-13-12(9-11)17-14(19)18(13)8-5-10-3-6-16-7-4-10/h1-4,6-7,9H,5,8H2,(H,17,19). The second-order valence-corrected chi connectivity index (χ2v) is 4.74. The first-order valence-electron chi connectivity index (χ1n) is 6.01. The molecule has 0 saturated carbocycles. The molecule has 3 aromatic rings. The van der Waals surface area contributed by atoms with Gasteiger partial charge in [0.05, 0.1) is 11.0 Å². The molecule has 0 spiro atoms. The molecule has 0 amide bonds. The van der Waals surface area contributed by atoms with E-state index in [0.717, 1.165) is 24.0 Å². The Hall–Kier alpha value is -2.01. The smallest absolute Gasteiger partial charge is 0.178 e. The van der Waals surface area contributed by atoms with Crippen LogP contribution in [0.25, 0.3) is 11.0 Å². The molecule has 2 heterocycles. The molecule has 0 radical (unpaired) electrons. The number of hydrogen-bond donors (Lipinski definition) is 1. The predicted octanol–water partition coefficient (Wildman–Crippen LogP) is 3.48. The van der Waals surface area contributed by atoms with Crippen LogP contribution >= 0.6 is 12.2 Å². The molecule has 0 fully saturated rings. The number of nitrogens with one attached hydrogen (secondary N) is 1. The number of aromatic nitrogens is 3. The van der Waals surface area contributed by atoms with Crippen LogP contribution in [0.15, 0.2) is 42.7 Å². The number of imidazole rings is 1. The molecule has 19 heavy (non-hydrogen) atoms. The minimum atomic E-state index is -0.259.